The summed E-state index contributed by atoms with van der Waals surface area (Å²) in [5.41, 5.74) is 11.9. The fourth-order valence-corrected chi connectivity index (χ4v) is 4.80. The molecular formula is C15H20IN5O5S. The summed E-state index contributed by atoms with van der Waals surface area (Å²) < 4.78 is 8.34. The predicted octanol–water partition coefficient (Wildman–Crippen LogP) is -0.228. The summed E-state index contributed by atoms with van der Waals surface area (Å²) in [5, 5.41) is 30.3. The molecule has 10 nitrogen and oxygen atoms in total. The molecule has 0 saturated carbocycles. The van der Waals surface area contributed by atoms with Crippen LogP contribution in [0.5, 0.6) is 0 Å². The van der Waals surface area contributed by atoms with Gasteiger partial charge in [0, 0.05) is 15.5 Å². The van der Waals surface area contributed by atoms with Gasteiger partial charge >= 0.3 is 5.97 Å². The average Bonchev–Trinajstić information content (AvgIpc) is 3.10. The number of rotatable bonds is 7. The van der Waals surface area contributed by atoms with Crippen molar-refractivity contribution < 1.29 is 24.9 Å². The molecule has 0 spiro atoms. The zero-order valence-electron chi connectivity index (χ0n) is 14.1. The van der Waals surface area contributed by atoms with Crippen molar-refractivity contribution in [2.75, 3.05) is 17.2 Å². The number of nitrogens with two attached hydrogens (primary N) is 2. The Bertz CT molecular complexity index is 836. The Morgan fingerprint density at radius 1 is 1.41 bits per heavy atom. The highest BCUT2D eigenvalue weighted by Crippen LogP contribution is 2.35. The number of thioether (sulfide) groups is 1. The molecule has 12 heteroatoms. The molecule has 148 valence electrons. The second kappa shape index (κ2) is 8.45. The van der Waals surface area contributed by atoms with E-state index < -0.39 is 36.6 Å². The van der Waals surface area contributed by atoms with E-state index in [0.29, 0.717) is 34.8 Å². The van der Waals surface area contributed by atoms with E-state index in [2.05, 4.69) is 32.6 Å². The number of fused-ring (bicyclic) bond motifs is 1. The van der Waals surface area contributed by atoms with Gasteiger partial charge in [-0.15, -0.1) is 0 Å². The minimum Gasteiger partial charge on any atom is -0.480 e. The number of carbonyl (C=O) groups is 1. The zero-order chi connectivity index (χ0) is 19.7. The summed E-state index contributed by atoms with van der Waals surface area (Å²) in [6.07, 6.45) is -0.243. The van der Waals surface area contributed by atoms with Crippen molar-refractivity contribution in [3.63, 3.8) is 0 Å². The molecule has 2 aromatic heterocycles. The molecule has 1 aliphatic rings. The van der Waals surface area contributed by atoms with Gasteiger partial charge in [-0.3, -0.25) is 4.79 Å². The quantitative estimate of drug-likeness (QED) is 0.248. The van der Waals surface area contributed by atoms with E-state index >= 15 is 0 Å². The number of nitrogens with zero attached hydrogens (tertiary/aromatic N) is 3. The number of nitrogen functional groups attached to an aromatic ring is 1. The molecule has 0 unspecified atom stereocenters. The van der Waals surface area contributed by atoms with Gasteiger partial charge in [-0.1, -0.05) is 0 Å². The first-order valence-electron chi connectivity index (χ1n) is 8.15. The zero-order valence-corrected chi connectivity index (χ0v) is 17.1. The van der Waals surface area contributed by atoms with Crippen molar-refractivity contribution in [3.8, 4) is 0 Å². The fourth-order valence-electron chi connectivity index (χ4n) is 2.89. The largest absolute Gasteiger partial charge is 0.480 e. The lowest BCUT2D eigenvalue weighted by Crippen LogP contribution is -2.33. The lowest BCUT2D eigenvalue weighted by Gasteiger charge is -2.17. The van der Waals surface area contributed by atoms with Gasteiger partial charge in [0.05, 0.1) is 11.5 Å². The number of anilines is 1. The second-order valence-corrected chi connectivity index (χ2v) is 8.51. The van der Waals surface area contributed by atoms with E-state index in [4.69, 9.17) is 21.3 Å². The van der Waals surface area contributed by atoms with E-state index in [9.17, 15) is 15.0 Å². The van der Waals surface area contributed by atoms with Crippen LogP contribution >= 0.6 is 34.4 Å². The van der Waals surface area contributed by atoms with E-state index in [1.807, 2.05) is 0 Å². The molecule has 0 bridgehead atoms. The first kappa shape index (κ1) is 20.5. The summed E-state index contributed by atoms with van der Waals surface area (Å²) in [4.78, 5) is 18.9. The molecule has 3 heterocycles. The van der Waals surface area contributed by atoms with Crippen LogP contribution in [0.2, 0.25) is 0 Å². The molecule has 0 radical (unpaired) electrons. The Morgan fingerprint density at radius 2 is 2.15 bits per heavy atom. The molecule has 1 fully saturated rings. The summed E-state index contributed by atoms with van der Waals surface area (Å²) in [6.45, 7) is 0. The molecule has 5 atom stereocenters. The van der Waals surface area contributed by atoms with Gasteiger partial charge < -0.3 is 36.1 Å². The van der Waals surface area contributed by atoms with Crippen LogP contribution in [0.25, 0.3) is 11.0 Å². The van der Waals surface area contributed by atoms with Crippen molar-refractivity contribution in [2.45, 2.75) is 37.0 Å². The Hall–Kier alpha value is -1.19. The van der Waals surface area contributed by atoms with E-state index in [1.165, 1.54) is 18.1 Å². The molecule has 1 aliphatic heterocycles. The van der Waals surface area contributed by atoms with Crippen molar-refractivity contribution in [2.24, 2.45) is 5.73 Å². The van der Waals surface area contributed by atoms with Gasteiger partial charge in [-0.05, 0) is 34.8 Å². The highest BCUT2D eigenvalue weighted by molar-refractivity contribution is 14.1. The summed E-state index contributed by atoms with van der Waals surface area (Å²) in [6, 6.07) is -0.913. The number of aliphatic hydroxyl groups excluding tert-OH is 2. The maximum atomic E-state index is 10.7. The maximum absolute atomic E-state index is 10.7. The van der Waals surface area contributed by atoms with Crippen molar-refractivity contribution in [3.05, 3.63) is 16.1 Å². The SMILES string of the molecule is Nc1ncnc2c1c(I)cn2[C@@H]1O[C@H](CSCC[C@H](N)C(=O)O)[C@@H](O)[C@H]1O. The number of halogens is 1. The van der Waals surface area contributed by atoms with Gasteiger partial charge in [-0.2, -0.15) is 11.8 Å². The maximum Gasteiger partial charge on any atom is 0.320 e. The Kier molecular flexibility index (Phi) is 6.43. The van der Waals surface area contributed by atoms with Crippen molar-refractivity contribution in [1.29, 1.82) is 0 Å². The van der Waals surface area contributed by atoms with Crippen molar-refractivity contribution >= 4 is 57.2 Å². The van der Waals surface area contributed by atoms with Crippen LogP contribution in [-0.2, 0) is 9.53 Å². The number of aromatic nitrogens is 3. The smallest absolute Gasteiger partial charge is 0.320 e. The number of aliphatic hydroxyl groups is 2. The van der Waals surface area contributed by atoms with Crippen LogP contribution in [0.1, 0.15) is 12.6 Å². The van der Waals surface area contributed by atoms with Gasteiger partial charge in [0.15, 0.2) is 6.23 Å². The van der Waals surface area contributed by atoms with Crippen LogP contribution in [-0.4, -0.2) is 71.7 Å². The van der Waals surface area contributed by atoms with Crippen LogP contribution in [0.3, 0.4) is 0 Å². The predicted molar refractivity (Wildman–Crippen MR) is 108 cm³/mol. The number of ether oxygens (including phenoxy) is 1. The summed E-state index contributed by atoms with van der Waals surface area (Å²) in [5.74, 6) is 0.195. The van der Waals surface area contributed by atoms with Crippen LogP contribution in [0, 0.1) is 3.57 Å². The molecule has 27 heavy (non-hydrogen) atoms. The van der Waals surface area contributed by atoms with Gasteiger partial charge in [0.2, 0.25) is 0 Å². The third kappa shape index (κ3) is 4.14. The van der Waals surface area contributed by atoms with Gasteiger partial charge in [0.25, 0.3) is 0 Å². The monoisotopic (exact) mass is 509 g/mol. The Labute approximate surface area is 172 Å². The number of carboxylic acids is 1. The first-order chi connectivity index (χ1) is 12.8. The average molecular weight is 509 g/mol. The fraction of sp³-hybridized carbons (Fsp3) is 0.533. The number of carboxylic acid groups (broad SMARTS) is 1. The topological polar surface area (TPSA) is 170 Å². The van der Waals surface area contributed by atoms with Crippen LogP contribution in [0.4, 0.5) is 5.82 Å². The molecular weight excluding hydrogens is 489 g/mol. The minimum absolute atomic E-state index is 0.311. The molecule has 3 rings (SSSR count). The third-order valence-corrected chi connectivity index (χ3v) is 6.28. The second-order valence-electron chi connectivity index (χ2n) is 6.20. The highest BCUT2D eigenvalue weighted by Gasteiger charge is 2.44. The number of hydrogen-bond acceptors (Lipinski definition) is 9. The first-order valence-corrected chi connectivity index (χ1v) is 10.4. The standard InChI is InChI=1S/C15H20IN5O5S/c16-6-3-21(13-9(6)12(18)19-5-20-13)14-11(23)10(22)8(26-14)4-27-2-1-7(17)15(24)25/h3,5,7-8,10-11,14,22-23H,1-2,4,17H2,(H,24,25)(H2,18,19,20)/t7-,8+,10+,11+,14+/m0/s1. The Balaban J connectivity index is 1.69. The van der Waals surface area contributed by atoms with Crippen LogP contribution in [0.15, 0.2) is 12.5 Å². The molecule has 1 saturated heterocycles. The molecule has 0 aliphatic carbocycles. The lowest BCUT2D eigenvalue weighted by atomic mass is 10.1. The molecule has 0 amide bonds. The number of aliphatic carboxylic acids is 1. The molecule has 7 N–H and O–H groups in total. The van der Waals surface area contributed by atoms with Crippen molar-refractivity contribution in [1.82, 2.24) is 14.5 Å². The van der Waals surface area contributed by atoms with E-state index in [1.54, 1.807) is 10.8 Å². The number of hydrogen-bond donors (Lipinski definition) is 5. The third-order valence-electron chi connectivity index (χ3n) is 4.38. The van der Waals surface area contributed by atoms with Crippen LogP contribution < -0.4 is 11.5 Å². The lowest BCUT2D eigenvalue weighted by molar-refractivity contribution is -0.138. The summed E-state index contributed by atoms with van der Waals surface area (Å²) >= 11 is 3.52. The highest BCUT2D eigenvalue weighted by atomic mass is 127. The summed E-state index contributed by atoms with van der Waals surface area (Å²) in [7, 11) is 0. The molecule has 0 aromatic carbocycles. The van der Waals surface area contributed by atoms with E-state index in [0.717, 1.165) is 3.57 Å². The van der Waals surface area contributed by atoms with E-state index in [-0.39, 0.29) is 0 Å². The molecule has 2 aromatic rings. The normalized spacial score (nSPS) is 26.5. The minimum atomic E-state index is -1.14. The Morgan fingerprint density at radius 3 is 2.85 bits per heavy atom. The van der Waals surface area contributed by atoms with Gasteiger partial charge in [-0.25, -0.2) is 9.97 Å². The van der Waals surface area contributed by atoms with Gasteiger partial charge in [0.1, 0.15) is 36.0 Å².